The third-order valence-electron chi connectivity index (χ3n) is 3.43. The van der Waals surface area contributed by atoms with Crippen LogP contribution in [0.5, 0.6) is 0 Å². The number of nitriles is 2. The highest BCUT2D eigenvalue weighted by Gasteiger charge is 2.05. The third kappa shape index (κ3) is 3.04. The van der Waals surface area contributed by atoms with Crippen LogP contribution < -0.4 is 5.32 Å². The highest BCUT2D eigenvalue weighted by Crippen LogP contribution is 2.23. The third-order valence-corrected chi connectivity index (χ3v) is 3.43. The normalized spacial score (nSPS) is 9.87. The van der Waals surface area contributed by atoms with E-state index in [1.54, 1.807) is 12.1 Å². The Labute approximate surface area is 133 Å². The largest absolute Gasteiger partial charge is 0.360 e. The first-order valence-electron chi connectivity index (χ1n) is 7.03. The van der Waals surface area contributed by atoms with E-state index in [0.29, 0.717) is 0 Å². The summed E-state index contributed by atoms with van der Waals surface area (Å²) in [6.07, 6.45) is 1.39. The highest BCUT2D eigenvalue weighted by atomic mass is 14.9. The molecule has 1 aromatic heterocycles. The number of imidazole rings is 1. The van der Waals surface area contributed by atoms with E-state index in [0.717, 1.165) is 28.1 Å². The standard InChI is InChI=1S/C18H13N5/c1-12-2-4-14(5-3-12)18-22-16-7-6-15(8-17(16)23-18)21-11-13(9-19)10-20/h2-8,11,21H,1H3,(H,22,23). The van der Waals surface area contributed by atoms with Crippen molar-refractivity contribution in [2.75, 3.05) is 5.32 Å². The smallest absolute Gasteiger partial charge is 0.145 e. The van der Waals surface area contributed by atoms with Gasteiger partial charge in [-0.25, -0.2) is 4.98 Å². The fraction of sp³-hybridized carbons (Fsp3) is 0.0556. The fourth-order valence-corrected chi connectivity index (χ4v) is 2.19. The molecule has 3 rings (SSSR count). The molecule has 0 bridgehead atoms. The summed E-state index contributed by atoms with van der Waals surface area (Å²) in [4.78, 5) is 7.86. The zero-order chi connectivity index (χ0) is 16.2. The lowest BCUT2D eigenvalue weighted by Gasteiger charge is -1.99. The van der Waals surface area contributed by atoms with Gasteiger partial charge in [-0.15, -0.1) is 0 Å². The van der Waals surface area contributed by atoms with Crippen LogP contribution in [0, 0.1) is 29.6 Å². The quantitative estimate of drug-likeness (QED) is 0.718. The number of aromatic amines is 1. The molecule has 0 radical (unpaired) electrons. The number of nitrogens with zero attached hydrogens (tertiary/aromatic N) is 3. The minimum absolute atomic E-state index is 0.0232. The maximum atomic E-state index is 8.73. The zero-order valence-corrected chi connectivity index (χ0v) is 12.5. The van der Waals surface area contributed by atoms with Crippen molar-refractivity contribution in [3.63, 3.8) is 0 Å². The number of hydrogen-bond donors (Lipinski definition) is 2. The monoisotopic (exact) mass is 299 g/mol. The molecule has 2 N–H and O–H groups in total. The first kappa shape index (κ1) is 14.4. The van der Waals surface area contributed by atoms with Crippen molar-refractivity contribution < 1.29 is 0 Å². The first-order chi connectivity index (χ1) is 11.2. The Morgan fingerprint density at radius 3 is 2.57 bits per heavy atom. The van der Waals surface area contributed by atoms with Gasteiger partial charge in [-0.2, -0.15) is 10.5 Å². The lowest BCUT2D eigenvalue weighted by atomic mass is 10.1. The molecule has 1 heterocycles. The molecule has 0 unspecified atom stereocenters. The van der Waals surface area contributed by atoms with Gasteiger partial charge in [0.2, 0.25) is 0 Å². The molecule has 0 aliphatic rings. The Bertz CT molecular complexity index is 949. The summed E-state index contributed by atoms with van der Waals surface area (Å²) in [6, 6.07) is 17.4. The number of rotatable bonds is 3. The van der Waals surface area contributed by atoms with Crippen molar-refractivity contribution in [1.29, 1.82) is 10.5 Å². The molecule has 0 saturated carbocycles. The minimum Gasteiger partial charge on any atom is -0.360 e. The van der Waals surface area contributed by atoms with Gasteiger partial charge in [0.15, 0.2) is 0 Å². The number of allylic oxidation sites excluding steroid dienone is 1. The molecular formula is C18H13N5. The number of hydrogen-bond acceptors (Lipinski definition) is 4. The van der Waals surface area contributed by atoms with Crippen LogP contribution in [0.1, 0.15) is 5.56 Å². The van der Waals surface area contributed by atoms with E-state index < -0.39 is 0 Å². The zero-order valence-electron chi connectivity index (χ0n) is 12.5. The van der Waals surface area contributed by atoms with Crippen LogP contribution in [0.3, 0.4) is 0 Å². The second kappa shape index (κ2) is 6.05. The highest BCUT2D eigenvalue weighted by molar-refractivity contribution is 5.82. The summed E-state index contributed by atoms with van der Waals surface area (Å²) in [5, 5.41) is 20.4. The Balaban J connectivity index is 1.92. The molecule has 0 aliphatic heterocycles. The molecule has 110 valence electrons. The number of nitrogens with one attached hydrogen (secondary N) is 2. The van der Waals surface area contributed by atoms with Crippen molar-refractivity contribution >= 4 is 16.7 Å². The Morgan fingerprint density at radius 2 is 1.87 bits per heavy atom. The van der Waals surface area contributed by atoms with Crippen LogP contribution in [-0.4, -0.2) is 9.97 Å². The van der Waals surface area contributed by atoms with Gasteiger partial charge in [0, 0.05) is 17.5 Å². The van der Waals surface area contributed by atoms with E-state index in [1.165, 1.54) is 11.8 Å². The van der Waals surface area contributed by atoms with Crippen LogP contribution in [0.4, 0.5) is 5.69 Å². The fourth-order valence-electron chi connectivity index (χ4n) is 2.19. The van der Waals surface area contributed by atoms with Crippen LogP contribution in [0.15, 0.2) is 54.2 Å². The summed E-state index contributed by atoms with van der Waals surface area (Å²) in [6.45, 7) is 2.05. The number of fused-ring (bicyclic) bond motifs is 1. The molecule has 23 heavy (non-hydrogen) atoms. The molecule has 0 aliphatic carbocycles. The second-order valence-electron chi connectivity index (χ2n) is 5.11. The minimum atomic E-state index is 0.0232. The number of aromatic nitrogens is 2. The number of benzene rings is 2. The maximum absolute atomic E-state index is 8.73. The summed E-state index contributed by atoms with van der Waals surface area (Å²) in [7, 11) is 0. The van der Waals surface area contributed by atoms with Crippen LogP contribution >= 0.6 is 0 Å². The molecule has 2 aromatic carbocycles. The van der Waals surface area contributed by atoms with Gasteiger partial charge in [-0.05, 0) is 25.1 Å². The summed E-state index contributed by atoms with van der Waals surface area (Å²) >= 11 is 0. The molecule has 0 amide bonds. The van der Waals surface area contributed by atoms with Gasteiger partial charge in [0.1, 0.15) is 23.5 Å². The molecule has 3 aromatic rings. The van der Waals surface area contributed by atoms with Crippen molar-refractivity contribution in [1.82, 2.24) is 9.97 Å². The van der Waals surface area contributed by atoms with Crippen LogP contribution in [-0.2, 0) is 0 Å². The number of H-pyrrole nitrogens is 1. The van der Waals surface area contributed by atoms with Gasteiger partial charge >= 0.3 is 0 Å². The van der Waals surface area contributed by atoms with Gasteiger partial charge < -0.3 is 10.3 Å². The van der Waals surface area contributed by atoms with Gasteiger partial charge in [-0.1, -0.05) is 29.8 Å². The lowest BCUT2D eigenvalue weighted by Crippen LogP contribution is -1.89. The molecular weight excluding hydrogens is 286 g/mol. The second-order valence-corrected chi connectivity index (χ2v) is 5.11. The van der Waals surface area contributed by atoms with E-state index in [4.69, 9.17) is 10.5 Å². The van der Waals surface area contributed by atoms with Crippen LogP contribution in [0.25, 0.3) is 22.4 Å². The van der Waals surface area contributed by atoms with E-state index in [2.05, 4.69) is 15.3 Å². The molecule has 5 nitrogen and oxygen atoms in total. The van der Waals surface area contributed by atoms with E-state index in [9.17, 15) is 0 Å². The topological polar surface area (TPSA) is 88.3 Å². The predicted octanol–water partition coefficient (Wildman–Crippen LogP) is 3.88. The van der Waals surface area contributed by atoms with Crippen LogP contribution in [0.2, 0.25) is 0 Å². The Hall–Kier alpha value is -3.57. The van der Waals surface area contributed by atoms with E-state index >= 15 is 0 Å². The van der Waals surface area contributed by atoms with Gasteiger partial charge in [0.05, 0.1) is 11.0 Å². The lowest BCUT2D eigenvalue weighted by molar-refractivity contribution is 1.33. The summed E-state index contributed by atoms with van der Waals surface area (Å²) in [5.41, 5.74) is 4.77. The van der Waals surface area contributed by atoms with E-state index in [-0.39, 0.29) is 5.57 Å². The first-order valence-corrected chi connectivity index (χ1v) is 7.03. The Kier molecular flexibility index (Phi) is 3.78. The van der Waals surface area contributed by atoms with Crippen molar-refractivity contribution in [3.05, 3.63) is 59.8 Å². The molecule has 0 saturated heterocycles. The van der Waals surface area contributed by atoms with Gasteiger partial charge in [-0.3, -0.25) is 0 Å². The van der Waals surface area contributed by atoms with Gasteiger partial charge in [0.25, 0.3) is 0 Å². The molecule has 0 atom stereocenters. The average molecular weight is 299 g/mol. The van der Waals surface area contributed by atoms with E-state index in [1.807, 2.05) is 49.4 Å². The summed E-state index contributed by atoms with van der Waals surface area (Å²) < 4.78 is 0. The molecule has 0 spiro atoms. The average Bonchev–Trinajstić information content (AvgIpc) is 2.99. The maximum Gasteiger partial charge on any atom is 0.145 e. The van der Waals surface area contributed by atoms with Crippen molar-refractivity contribution in [2.45, 2.75) is 6.92 Å². The molecule has 0 fully saturated rings. The SMILES string of the molecule is Cc1ccc(-c2nc3ccc(NC=C(C#N)C#N)cc3[nH]2)cc1. The predicted molar refractivity (Wildman–Crippen MR) is 89.2 cm³/mol. The Morgan fingerprint density at radius 1 is 1.13 bits per heavy atom. The number of aryl methyl sites for hydroxylation is 1. The summed E-state index contributed by atoms with van der Waals surface area (Å²) in [5.74, 6) is 0.808. The van der Waals surface area contributed by atoms with Crippen molar-refractivity contribution in [3.8, 4) is 23.5 Å². The molecule has 5 heteroatoms. The van der Waals surface area contributed by atoms with Crippen molar-refractivity contribution in [2.24, 2.45) is 0 Å². The number of anilines is 1.